The van der Waals surface area contributed by atoms with Crippen LogP contribution in [0.15, 0.2) is 36.4 Å². The zero-order valence-electron chi connectivity index (χ0n) is 6.08. The highest BCUT2D eigenvalue weighted by Gasteiger charge is 2.09. The maximum absolute atomic E-state index is 11.2. The Morgan fingerprint density at radius 1 is 1.18 bits per heavy atom. The summed E-state index contributed by atoms with van der Waals surface area (Å²) in [5.74, 6) is 0.131. The van der Waals surface area contributed by atoms with Gasteiger partial charge in [-0.3, -0.25) is 4.79 Å². The van der Waals surface area contributed by atoms with Gasteiger partial charge in [0.15, 0.2) is 5.78 Å². The van der Waals surface area contributed by atoms with Crippen LogP contribution in [0.2, 0.25) is 0 Å². The van der Waals surface area contributed by atoms with E-state index >= 15 is 0 Å². The second-order valence-corrected chi connectivity index (χ2v) is 2.63. The first-order chi connectivity index (χ1) is 5.38. The Labute approximate surface area is 65.4 Å². The van der Waals surface area contributed by atoms with Crippen molar-refractivity contribution in [3.8, 4) is 0 Å². The zero-order chi connectivity index (χ0) is 7.68. The van der Waals surface area contributed by atoms with Gasteiger partial charge in [-0.15, -0.1) is 0 Å². The van der Waals surface area contributed by atoms with Gasteiger partial charge in [-0.1, -0.05) is 30.3 Å². The maximum Gasteiger partial charge on any atom is 0.185 e. The molecule has 0 N–H and O–H groups in total. The quantitative estimate of drug-likeness (QED) is 0.544. The molecule has 0 bridgehead atoms. The maximum atomic E-state index is 11.2. The lowest BCUT2D eigenvalue weighted by Gasteiger charge is -2.07. The molecule has 0 heterocycles. The van der Waals surface area contributed by atoms with Gasteiger partial charge in [-0.2, -0.15) is 0 Å². The second kappa shape index (κ2) is 2.35. The Morgan fingerprint density at radius 2 is 2.00 bits per heavy atom. The minimum atomic E-state index is 0.131. The summed E-state index contributed by atoms with van der Waals surface area (Å²) in [4.78, 5) is 11.2. The highest BCUT2D eigenvalue weighted by atomic mass is 16.1. The van der Waals surface area contributed by atoms with Gasteiger partial charge in [0.2, 0.25) is 0 Å². The van der Waals surface area contributed by atoms with E-state index in [1.165, 1.54) is 0 Å². The summed E-state index contributed by atoms with van der Waals surface area (Å²) in [5, 5.41) is 0. The van der Waals surface area contributed by atoms with Crippen molar-refractivity contribution in [2.24, 2.45) is 0 Å². The van der Waals surface area contributed by atoms with Crippen LogP contribution in [-0.4, -0.2) is 5.78 Å². The fraction of sp³-hybridized carbons (Fsp3) is 0.100. The molecule has 0 aliphatic heterocycles. The molecule has 1 heteroatoms. The molecule has 0 saturated carbocycles. The summed E-state index contributed by atoms with van der Waals surface area (Å²) in [6.45, 7) is 0. The van der Waals surface area contributed by atoms with E-state index < -0.39 is 0 Å². The Kier molecular flexibility index (Phi) is 1.35. The van der Waals surface area contributed by atoms with Crippen molar-refractivity contribution in [1.29, 1.82) is 0 Å². The second-order valence-electron chi connectivity index (χ2n) is 2.63. The van der Waals surface area contributed by atoms with Crippen LogP contribution in [0.5, 0.6) is 0 Å². The number of carbonyl (C=O) groups excluding carboxylic acids is 1. The smallest absolute Gasteiger partial charge is 0.185 e. The average molecular weight is 144 g/mol. The summed E-state index contributed by atoms with van der Waals surface area (Å²) in [6.07, 6.45) is 4.44. The molecule has 0 fully saturated rings. The van der Waals surface area contributed by atoms with Gasteiger partial charge >= 0.3 is 0 Å². The molecule has 11 heavy (non-hydrogen) atoms. The van der Waals surface area contributed by atoms with E-state index in [4.69, 9.17) is 0 Å². The van der Waals surface area contributed by atoms with Crippen LogP contribution in [-0.2, 0) is 6.42 Å². The topological polar surface area (TPSA) is 17.1 Å². The van der Waals surface area contributed by atoms with Gasteiger partial charge in [0.1, 0.15) is 0 Å². The van der Waals surface area contributed by atoms with Crippen LogP contribution in [0, 0.1) is 0 Å². The van der Waals surface area contributed by atoms with E-state index in [0.717, 1.165) is 17.5 Å². The first-order valence-electron chi connectivity index (χ1n) is 3.67. The lowest BCUT2D eigenvalue weighted by Crippen LogP contribution is -2.04. The largest absolute Gasteiger partial charge is 0.289 e. The summed E-state index contributed by atoms with van der Waals surface area (Å²) in [7, 11) is 0. The normalized spacial score (nSPS) is 14.7. The SMILES string of the molecule is O=C1C=CCc2ccccc21. The van der Waals surface area contributed by atoms with Gasteiger partial charge in [-0.05, 0) is 18.1 Å². The molecule has 0 amide bonds. The molecular formula is C10H8O. The molecule has 1 aromatic rings. The van der Waals surface area contributed by atoms with E-state index in [-0.39, 0.29) is 5.78 Å². The summed E-state index contributed by atoms with van der Waals surface area (Å²) < 4.78 is 0. The van der Waals surface area contributed by atoms with Gasteiger partial charge in [0.05, 0.1) is 0 Å². The average Bonchev–Trinajstić information content (AvgIpc) is 2.06. The number of rotatable bonds is 0. The van der Waals surface area contributed by atoms with Crippen LogP contribution in [0.1, 0.15) is 15.9 Å². The van der Waals surface area contributed by atoms with Crippen molar-refractivity contribution in [3.63, 3.8) is 0 Å². The Bertz CT molecular complexity index is 323. The molecular weight excluding hydrogens is 136 g/mol. The summed E-state index contributed by atoms with van der Waals surface area (Å²) in [5.41, 5.74) is 2.00. The molecule has 2 rings (SSSR count). The van der Waals surface area contributed by atoms with Crippen molar-refractivity contribution in [3.05, 3.63) is 47.5 Å². The molecule has 1 aromatic carbocycles. The fourth-order valence-corrected chi connectivity index (χ4v) is 1.32. The fourth-order valence-electron chi connectivity index (χ4n) is 1.32. The van der Waals surface area contributed by atoms with Crippen LogP contribution >= 0.6 is 0 Å². The number of fused-ring (bicyclic) bond motifs is 1. The Hall–Kier alpha value is -1.37. The number of benzene rings is 1. The van der Waals surface area contributed by atoms with Crippen LogP contribution in [0.25, 0.3) is 0 Å². The van der Waals surface area contributed by atoms with Gasteiger partial charge in [-0.25, -0.2) is 0 Å². The molecule has 0 aromatic heterocycles. The third-order valence-electron chi connectivity index (χ3n) is 1.89. The lowest BCUT2D eigenvalue weighted by molar-refractivity contribution is 0.104. The van der Waals surface area contributed by atoms with Crippen molar-refractivity contribution < 1.29 is 4.79 Å². The Balaban J connectivity index is 2.59. The van der Waals surface area contributed by atoms with E-state index in [1.54, 1.807) is 6.08 Å². The minimum Gasteiger partial charge on any atom is -0.289 e. The summed E-state index contributed by atoms with van der Waals surface area (Å²) in [6, 6.07) is 7.74. The van der Waals surface area contributed by atoms with Crippen LogP contribution in [0.3, 0.4) is 0 Å². The number of allylic oxidation sites excluding steroid dienone is 2. The van der Waals surface area contributed by atoms with Crippen LogP contribution < -0.4 is 0 Å². The van der Waals surface area contributed by atoms with E-state index in [1.807, 2.05) is 30.3 Å². The number of ketones is 1. The molecule has 0 spiro atoms. The lowest BCUT2D eigenvalue weighted by atomic mass is 9.96. The third-order valence-corrected chi connectivity index (χ3v) is 1.89. The molecule has 0 atom stereocenters. The highest BCUT2D eigenvalue weighted by Crippen LogP contribution is 2.15. The molecule has 1 aliphatic rings. The predicted octanol–water partition coefficient (Wildman–Crippen LogP) is 1.98. The van der Waals surface area contributed by atoms with Gasteiger partial charge < -0.3 is 0 Å². The number of carbonyl (C=O) groups is 1. The first-order valence-corrected chi connectivity index (χ1v) is 3.67. The van der Waals surface area contributed by atoms with E-state index in [2.05, 4.69) is 0 Å². The van der Waals surface area contributed by atoms with Gasteiger partial charge in [0.25, 0.3) is 0 Å². The molecule has 1 nitrogen and oxygen atoms in total. The van der Waals surface area contributed by atoms with Crippen molar-refractivity contribution in [1.82, 2.24) is 0 Å². The van der Waals surface area contributed by atoms with E-state index in [0.29, 0.717) is 0 Å². The standard InChI is InChI=1S/C10H8O/c11-10-7-3-5-8-4-1-2-6-9(8)10/h1-4,6-7H,5H2. The van der Waals surface area contributed by atoms with Gasteiger partial charge in [0, 0.05) is 5.56 Å². The Morgan fingerprint density at radius 3 is 2.82 bits per heavy atom. The molecule has 54 valence electrons. The van der Waals surface area contributed by atoms with Crippen molar-refractivity contribution in [2.75, 3.05) is 0 Å². The molecule has 0 saturated heterocycles. The third kappa shape index (κ3) is 0.984. The molecule has 0 unspecified atom stereocenters. The van der Waals surface area contributed by atoms with Crippen LogP contribution in [0.4, 0.5) is 0 Å². The van der Waals surface area contributed by atoms with E-state index in [9.17, 15) is 4.79 Å². The predicted molar refractivity (Wildman–Crippen MR) is 43.6 cm³/mol. The molecule has 0 radical (unpaired) electrons. The summed E-state index contributed by atoms with van der Waals surface area (Å²) >= 11 is 0. The zero-order valence-corrected chi connectivity index (χ0v) is 6.08. The first kappa shape index (κ1) is 6.35. The van der Waals surface area contributed by atoms with Crippen molar-refractivity contribution in [2.45, 2.75) is 6.42 Å². The number of hydrogen-bond acceptors (Lipinski definition) is 1. The molecule has 1 aliphatic carbocycles. The highest BCUT2D eigenvalue weighted by molar-refractivity contribution is 6.06. The minimum absolute atomic E-state index is 0.131. The monoisotopic (exact) mass is 144 g/mol. The van der Waals surface area contributed by atoms with Crippen molar-refractivity contribution >= 4 is 5.78 Å². The number of hydrogen-bond donors (Lipinski definition) is 0.